The van der Waals surface area contributed by atoms with Gasteiger partial charge in [-0.05, 0) is 54.3 Å². The zero-order chi connectivity index (χ0) is 22.2. The fraction of sp³-hybridized carbons (Fsp3) is 0.500. The summed E-state index contributed by atoms with van der Waals surface area (Å²) in [6.45, 7) is 2.62. The highest BCUT2D eigenvalue weighted by molar-refractivity contribution is 5.53. The van der Waals surface area contributed by atoms with Crippen LogP contribution in [0.25, 0.3) is 6.08 Å². The van der Waals surface area contributed by atoms with Gasteiger partial charge in [-0.3, -0.25) is 0 Å². The highest BCUT2D eigenvalue weighted by Gasteiger charge is 1.99. The van der Waals surface area contributed by atoms with Crippen molar-refractivity contribution in [3.63, 3.8) is 0 Å². The van der Waals surface area contributed by atoms with Crippen LogP contribution in [0.4, 0.5) is 4.39 Å². The molecular weight excluding hydrogens is 385 g/mol. The minimum absolute atomic E-state index is 0.241. The van der Waals surface area contributed by atoms with E-state index in [2.05, 4.69) is 6.92 Å². The summed E-state index contributed by atoms with van der Waals surface area (Å²) in [6, 6.07) is 14.4. The van der Waals surface area contributed by atoms with Crippen LogP contribution in [0.2, 0.25) is 0 Å². The second-order valence-electron chi connectivity index (χ2n) is 8.49. The molecule has 0 amide bonds. The summed E-state index contributed by atoms with van der Waals surface area (Å²) >= 11 is 0. The maximum Gasteiger partial charge on any atom is 0.123 e. The molecule has 0 aromatic heterocycles. The first kappa shape index (κ1) is 25.0. The third-order valence-electron chi connectivity index (χ3n) is 5.60. The molecule has 31 heavy (non-hydrogen) atoms. The Bertz CT molecular complexity index is 754. The molecule has 0 aliphatic rings. The van der Waals surface area contributed by atoms with Crippen molar-refractivity contribution in [3.8, 4) is 5.75 Å². The Hall–Kier alpha value is -2.29. The third kappa shape index (κ3) is 11.6. The second-order valence-corrected chi connectivity index (χ2v) is 8.49. The highest BCUT2D eigenvalue weighted by Crippen LogP contribution is 2.18. The van der Waals surface area contributed by atoms with Crippen LogP contribution in [0, 0.1) is 5.82 Å². The lowest BCUT2D eigenvalue weighted by Gasteiger charge is -2.07. The molecule has 0 atom stereocenters. The Morgan fingerprint density at radius 1 is 0.839 bits per heavy atom. The summed E-state index contributed by atoms with van der Waals surface area (Å²) in [6.07, 6.45) is 17.8. The molecule has 170 valence electrons. The van der Waals surface area contributed by atoms with E-state index in [1.807, 2.05) is 36.4 Å². The van der Waals surface area contributed by atoms with E-state index in [1.54, 1.807) is 6.07 Å². The largest absolute Gasteiger partial charge is 0.489 e. The molecule has 0 aliphatic carbocycles. The van der Waals surface area contributed by atoms with Crippen LogP contribution in [0.3, 0.4) is 0 Å². The van der Waals surface area contributed by atoms with Gasteiger partial charge in [-0.15, -0.1) is 0 Å². The fourth-order valence-corrected chi connectivity index (χ4v) is 3.73. The van der Waals surface area contributed by atoms with Gasteiger partial charge in [-0.25, -0.2) is 4.39 Å². The van der Waals surface area contributed by atoms with Crippen molar-refractivity contribution < 1.29 is 9.13 Å². The molecule has 0 aliphatic heterocycles. The number of halogens is 1. The number of hydrogen-bond donors (Lipinski definition) is 1. The minimum Gasteiger partial charge on any atom is -0.489 e. The summed E-state index contributed by atoms with van der Waals surface area (Å²) in [5.41, 5.74) is 9.04. The number of rotatable bonds is 16. The van der Waals surface area contributed by atoms with Gasteiger partial charge in [-0.1, -0.05) is 95.4 Å². The molecule has 2 aromatic carbocycles. The van der Waals surface area contributed by atoms with Crippen LogP contribution in [0.15, 0.2) is 54.2 Å². The zero-order valence-corrected chi connectivity index (χ0v) is 19.3. The first-order valence-electron chi connectivity index (χ1n) is 12.1. The van der Waals surface area contributed by atoms with Crippen LogP contribution in [0.1, 0.15) is 95.1 Å². The lowest BCUT2D eigenvalue weighted by atomic mass is 10.0. The third-order valence-corrected chi connectivity index (χ3v) is 5.60. The molecule has 2 aromatic rings. The molecule has 2 rings (SSSR count). The Morgan fingerprint density at radius 3 is 2.06 bits per heavy atom. The zero-order valence-electron chi connectivity index (χ0n) is 19.3. The van der Waals surface area contributed by atoms with Gasteiger partial charge in [0.1, 0.15) is 18.2 Å². The fourth-order valence-electron chi connectivity index (χ4n) is 3.73. The monoisotopic (exact) mass is 425 g/mol. The van der Waals surface area contributed by atoms with Gasteiger partial charge in [0.25, 0.3) is 0 Å². The SMILES string of the molecule is CCCCCCCCCCCCCC(N)=Cc1ccc(OCc2cccc(F)c2)cc1. The number of ether oxygens (including phenoxy) is 1. The maximum absolute atomic E-state index is 13.2. The Balaban J connectivity index is 1.57. The predicted octanol–water partition coefficient (Wildman–Crippen LogP) is 8.41. The summed E-state index contributed by atoms with van der Waals surface area (Å²) in [5, 5.41) is 0. The van der Waals surface area contributed by atoms with Crippen LogP contribution in [-0.2, 0) is 6.61 Å². The van der Waals surface area contributed by atoms with Gasteiger partial charge in [0.15, 0.2) is 0 Å². The summed E-state index contributed by atoms with van der Waals surface area (Å²) in [5.74, 6) is 0.528. The van der Waals surface area contributed by atoms with Crippen molar-refractivity contribution in [3.05, 3.63) is 71.2 Å². The number of benzene rings is 2. The van der Waals surface area contributed by atoms with Crippen molar-refractivity contribution in [1.82, 2.24) is 0 Å². The molecule has 0 fully saturated rings. The molecular formula is C28H40FNO. The van der Waals surface area contributed by atoms with Crippen LogP contribution >= 0.6 is 0 Å². The molecule has 0 radical (unpaired) electrons. The van der Waals surface area contributed by atoms with E-state index in [0.717, 1.165) is 35.4 Å². The van der Waals surface area contributed by atoms with Gasteiger partial charge in [-0.2, -0.15) is 0 Å². The van der Waals surface area contributed by atoms with Gasteiger partial charge >= 0.3 is 0 Å². The number of allylic oxidation sites excluding steroid dienone is 1. The molecule has 0 saturated carbocycles. The quantitative estimate of drug-likeness (QED) is 0.274. The minimum atomic E-state index is -0.241. The van der Waals surface area contributed by atoms with E-state index in [1.165, 1.54) is 76.3 Å². The van der Waals surface area contributed by atoms with Gasteiger partial charge in [0.05, 0.1) is 0 Å². The van der Waals surface area contributed by atoms with Crippen molar-refractivity contribution in [2.45, 2.75) is 90.6 Å². The molecule has 0 saturated heterocycles. The summed E-state index contributed by atoms with van der Waals surface area (Å²) in [4.78, 5) is 0. The summed E-state index contributed by atoms with van der Waals surface area (Å²) < 4.78 is 19.0. The van der Waals surface area contributed by atoms with Gasteiger partial charge in [0.2, 0.25) is 0 Å². The normalized spacial score (nSPS) is 11.6. The number of unbranched alkanes of at least 4 members (excludes halogenated alkanes) is 10. The van der Waals surface area contributed by atoms with Crippen molar-refractivity contribution in [1.29, 1.82) is 0 Å². The van der Waals surface area contributed by atoms with Crippen molar-refractivity contribution >= 4 is 6.08 Å². The Kier molecular flexibility index (Phi) is 12.5. The standard InChI is InChI=1S/C28H40FNO/c1-2-3-4-5-6-7-8-9-10-11-12-16-27(30)22-24-17-19-28(20-18-24)31-23-25-14-13-15-26(29)21-25/h13-15,17-22H,2-12,16,23,30H2,1H3. The number of nitrogens with two attached hydrogens (primary N) is 1. The molecule has 0 heterocycles. The predicted molar refractivity (Wildman–Crippen MR) is 130 cm³/mol. The highest BCUT2D eigenvalue weighted by atomic mass is 19.1. The van der Waals surface area contributed by atoms with Gasteiger partial charge in [0, 0.05) is 5.70 Å². The Labute approximate surface area is 188 Å². The van der Waals surface area contributed by atoms with Crippen molar-refractivity contribution in [2.75, 3.05) is 0 Å². The Morgan fingerprint density at radius 2 is 1.45 bits per heavy atom. The molecule has 2 nitrogen and oxygen atoms in total. The van der Waals surface area contributed by atoms with Crippen LogP contribution in [-0.4, -0.2) is 0 Å². The smallest absolute Gasteiger partial charge is 0.123 e. The second kappa shape index (κ2) is 15.5. The average molecular weight is 426 g/mol. The van der Waals surface area contributed by atoms with E-state index in [4.69, 9.17) is 10.5 Å². The molecule has 2 N–H and O–H groups in total. The van der Waals surface area contributed by atoms with E-state index in [-0.39, 0.29) is 5.82 Å². The molecule has 0 bridgehead atoms. The summed E-state index contributed by atoms with van der Waals surface area (Å²) in [7, 11) is 0. The number of hydrogen-bond acceptors (Lipinski definition) is 2. The average Bonchev–Trinajstić information content (AvgIpc) is 2.77. The van der Waals surface area contributed by atoms with E-state index < -0.39 is 0 Å². The molecule has 0 unspecified atom stereocenters. The maximum atomic E-state index is 13.2. The lowest BCUT2D eigenvalue weighted by molar-refractivity contribution is 0.305. The van der Waals surface area contributed by atoms with Crippen molar-refractivity contribution in [2.24, 2.45) is 5.73 Å². The van der Waals surface area contributed by atoms with Crippen LogP contribution in [0.5, 0.6) is 5.75 Å². The molecule has 3 heteroatoms. The van der Waals surface area contributed by atoms with Crippen LogP contribution < -0.4 is 10.5 Å². The first-order valence-corrected chi connectivity index (χ1v) is 12.1. The van der Waals surface area contributed by atoms with E-state index in [9.17, 15) is 4.39 Å². The topological polar surface area (TPSA) is 35.2 Å². The first-order chi connectivity index (χ1) is 15.2. The van der Waals surface area contributed by atoms with Gasteiger partial charge < -0.3 is 10.5 Å². The lowest BCUT2D eigenvalue weighted by Crippen LogP contribution is -1.97. The molecule has 0 spiro atoms. The van der Waals surface area contributed by atoms with E-state index in [0.29, 0.717) is 6.61 Å². The van der Waals surface area contributed by atoms with E-state index >= 15 is 0 Å².